The first-order valence-corrected chi connectivity index (χ1v) is 5.62. The van der Waals surface area contributed by atoms with E-state index in [0.717, 1.165) is 10.0 Å². The number of rotatable bonds is 3. The summed E-state index contributed by atoms with van der Waals surface area (Å²) in [6, 6.07) is 7.74. The number of aliphatic hydroxyl groups excluding tert-OH is 1. The van der Waals surface area contributed by atoms with Gasteiger partial charge >= 0.3 is 0 Å². The molecule has 0 saturated heterocycles. The first kappa shape index (κ1) is 11.2. The van der Waals surface area contributed by atoms with Gasteiger partial charge in [0.05, 0.1) is 18.7 Å². The smallest absolute Gasteiger partial charge is 0.272 e. The molecule has 84 valence electrons. The average molecular weight is 283 g/mol. The molecule has 4 nitrogen and oxygen atoms in total. The molecular formula is C11H11BrN2O2. The molecule has 0 bridgehead atoms. The Kier molecular flexibility index (Phi) is 3.26. The number of H-pyrrole nitrogens is 1. The zero-order chi connectivity index (χ0) is 11.5. The Labute approximate surface area is 101 Å². The predicted octanol–water partition coefficient (Wildman–Crippen LogP) is 1.48. The number of halogens is 1. The second-order valence-corrected chi connectivity index (χ2v) is 4.39. The third kappa shape index (κ3) is 2.25. The fourth-order valence-corrected chi connectivity index (χ4v) is 1.94. The predicted molar refractivity (Wildman–Crippen MR) is 64.2 cm³/mol. The van der Waals surface area contributed by atoms with Crippen LogP contribution >= 0.6 is 15.9 Å². The summed E-state index contributed by atoms with van der Waals surface area (Å²) in [6.07, 6.45) is 1.53. The van der Waals surface area contributed by atoms with E-state index in [1.54, 1.807) is 0 Å². The average Bonchev–Trinajstić information content (AvgIpc) is 2.60. The van der Waals surface area contributed by atoms with Crippen molar-refractivity contribution in [1.29, 1.82) is 0 Å². The van der Waals surface area contributed by atoms with E-state index in [-0.39, 0.29) is 12.2 Å². The van der Waals surface area contributed by atoms with Gasteiger partial charge in [0, 0.05) is 10.7 Å². The van der Waals surface area contributed by atoms with Gasteiger partial charge in [0.1, 0.15) is 0 Å². The fraction of sp³-hybridized carbons (Fsp3) is 0.182. The van der Waals surface area contributed by atoms with Gasteiger partial charge in [-0.1, -0.05) is 28.1 Å². The lowest BCUT2D eigenvalue weighted by Gasteiger charge is -2.02. The van der Waals surface area contributed by atoms with E-state index in [2.05, 4.69) is 21.0 Å². The van der Waals surface area contributed by atoms with Crippen molar-refractivity contribution in [2.24, 2.45) is 0 Å². The van der Waals surface area contributed by atoms with E-state index in [9.17, 15) is 4.79 Å². The van der Waals surface area contributed by atoms with Crippen LogP contribution in [0.25, 0.3) is 0 Å². The monoisotopic (exact) mass is 282 g/mol. The third-order valence-electron chi connectivity index (χ3n) is 2.31. The van der Waals surface area contributed by atoms with Gasteiger partial charge in [-0.2, -0.15) is 0 Å². The van der Waals surface area contributed by atoms with Crippen molar-refractivity contribution in [2.75, 3.05) is 0 Å². The molecule has 0 amide bonds. The SMILES string of the molecule is O=c1c(CO)c[nH]n1Cc1cccc(Br)c1. The van der Waals surface area contributed by atoms with E-state index in [4.69, 9.17) is 5.11 Å². The number of hydrogen-bond acceptors (Lipinski definition) is 2. The molecule has 0 aliphatic rings. The molecule has 2 N–H and O–H groups in total. The van der Waals surface area contributed by atoms with Crippen LogP contribution in [0, 0.1) is 0 Å². The summed E-state index contributed by atoms with van der Waals surface area (Å²) < 4.78 is 2.44. The molecule has 0 saturated carbocycles. The highest BCUT2D eigenvalue weighted by molar-refractivity contribution is 9.10. The summed E-state index contributed by atoms with van der Waals surface area (Å²) in [4.78, 5) is 11.6. The fourth-order valence-electron chi connectivity index (χ4n) is 1.50. The largest absolute Gasteiger partial charge is 0.391 e. The van der Waals surface area contributed by atoms with Gasteiger partial charge < -0.3 is 10.2 Å². The lowest BCUT2D eigenvalue weighted by atomic mass is 10.2. The quantitative estimate of drug-likeness (QED) is 0.896. The van der Waals surface area contributed by atoms with E-state index in [1.165, 1.54) is 10.9 Å². The van der Waals surface area contributed by atoms with Gasteiger partial charge in [-0.3, -0.25) is 4.79 Å². The van der Waals surface area contributed by atoms with Crippen LogP contribution < -0.4 is 5.56 Å². The van der Waals surface area contributed by atoms with Crippen LogP contribution in [0.2, 0.25) is 0 Å². The molecule has 0 fully saturated rings. The Balaban J connectivity index is 2.27. The van der Waals surface area contributed by atoms with E-state index >= 15 is 0 Å². The molecule has 0 atom stereocenters. The molecule has 0 unspecified atom stereocenters. The molecule has 2 aromatic rings. The number of aromatic amines is 1. The minimum absolute atomic E-state index is 0.178. The van der Waals surface area contributed by atoms with Crippen LogP contribution in [0.5, 0.6) is 0 Å². The van der Waals surface area contributed by atoms with Crippen LogP contribution in [0.15, 0.2) is 39.7 Å². The van der Waals surface area contributed by atoms with Gasteiger partial charge in [0.25, 0.3) is 5.56 Å². The van der Waals surface area contributed by atoms with E-state index in [0.29, 0.717) is 12.1 Å². The van der Waals surface area contributed by atoms with Gasteiger partial charge in [0.15, 0.2) is 0 Å². The normalized spacial score (nSPS) is 10.6. The summed E-state index contributed by atoms with van der Waals surface area (Å²) in [6.45, 7) is 0.235. The molecule has 5 heteroatoms. The zero-order valence-corrected chi connectivity index (χ0v) is 10.1. The molecule has 2 rings (SSSR count). The van der Waals surface area contributed by atoms with Crippen molar-refractivity contribution in [3.63, 3.8) is 0 Å². The van der Waals surface area contributed by atoms with Gasteiger partial charge in [-0.05, 0) is 17.7 Å². The number of nitrogens with zero attached hydrogens (tertiary/aromatic N) is 1. The maximum absolute atomic E-state index is 11.6. The molecule has 1 aromatic carbocycles. The summed E-state index contributed by atoms with van der Waals surface area (Å²) in [5.41, 5.74) is 1.22. The molecule has 0 spiro atoms. The minimum atomic E-state index is -0.235. The molecule has 0 aliphatic carbocycles. The number of nitrogens with one attached hydrogen (secondary N) is 1. The molecule has 0 radical (unpaired) electrons. The maximum Gasteiger partial charge on any atom is 0.272 e. The minimum Gasteiger partial charge on any atom is -0.391 e. The summed E-state index contributed by atoms with van der Waals surface area (Å²) in [5.74, 6) is 0. The second kappa shape index (κ2) is 4.67. The maximum atomic E-state index is 11.6. The third-order valence-corrected chi connectivity index (χ3v) is 2.81. The van der Waals surface area contributed by atoms with Crippen molar-refractivity contribution in [3.05, 3.63) is 56.4 Å². The standard InChI is InChI=1S/C11H11BrN2O2/c12-10-3-1-2-8(4-10)6-14-11(16)9(7-15)5-13-14/h1-5,13,15H,6-7H2. The van der Waals surface area contributed by atoms with Gasteiger partial charge in [0.2, 0.25) is 0 Å². The lowest BCUT2D eigenvalue weighted by molar-refractivity contribution is 0.280. The second-order valence-electron chi connectivity index (χ2n) is 3.48. The van der Waals surface area contributed by atoms with Crippen molar-refractivity contribution < 1.29 is 5.11 Å². The summed E-state index contributed by atoms with van der Waals surface area (Å²) in [5, 5.41) is 11.7. The lowest BCUT2D eigenvalue weighted by Crippen LogP contribution is -2.19. The molecule has 1 heterocycles. The van der Waals surface area contributed by atoms with Crippen molar-refractivity contribution in [1.82, 2.24) is 9.78 Å². The van der Waals surface area contributed by atoms with Crippen LogP contribution in [-0.2, 0) is 13.2 Å². The van der Waals surface area contributed by atoms with Crippen LogP contribution in [-0.4, -0.2) is 14.9 Å². The van der Waals surface area contributed by atoms with E-state index < -0.39 is 0 Å². The number of aromatic nitrogens is 2. The first-order valence-electron chi connectivity index (χ1n) is 4.83. The van der Waals surface area contributed by atoms with Crippen LogP contribution in [0.4, 0.5) is 0 Å². The highest BCUT2D eigenvalue weighted by Crippen LogP contribution is 2.11. The van der Waals surface area contributed by atoms with E-state index in [1.807, 2.05) is 24.3 Å². The molecular weight excluding hydrogens is 272 g/mol. The van der Waals surface area contributed by atoms with Crippen LogP contribution in [0.3, 0.4) is 0 Å². The Hall–Kier alpha value is -1.33. The number of hydrogen-bond donors (Lipinski definition) is 2. The van der Waals surface area contributed by atoms with Crippen molar-refractivity contribution >= 4 is 15.9 Å². The topological polar surface area (TPSA) is 58.0 Å². The Morgan fingerprint density at radius 2 is 2.25 bits per heavy atom. The molecule has 1 aromatic heterocycles. The Morgan fingerprint density at radius 1 is 1.44 bits per heavy atom. The Bertz CT molecular complexity index is 545. The number of aliphatic hydroxyl groups is 1. The molecule has 0 aliphatic heterocycles. The highest BCUT2D eigenvalue weighted by Gasteiger charge is 2.05. The van der Waals surface area contributed by atoms with Gasteiger partial charge in [-0.25, -0.2) is 4.68 Å². The Morgan fingerprint density at radius 3 is 2.88 bits per heavy atom. The summed E-state index contributed by atoms with van der Waals surface area (Å²) in [7, 11) is 0. The first-order chi connectivity index (χ1) is 7.70. The van der Waals surface area contributed by atoms with Crippen LogP contribution in [0.1, 0.15) is 11.1 Å². The van der Waals surface area contributed by atoms with Crippen molar-refractivity contribution in [3.8, 4) is 0 Å². The molecule has 16 heavy (non-hydrogen) atoms. The van der Waals surface area contributed by atoms with Crippen molar-refractivity contribution in [2.45, 2.75) is 13.2 Å². The highest BCUT2D eigenvalue weighted by atomic mass is 79.9. The summed E-state index contributed by atoms with van der Waals surface area (Å²) >= 11 is 3.38. The zero-order valence-electron chi connectivity index (χ0n) is 8.48. The van der Waals surface area contributed by atoms with Gasteiger partial charge in [-0.15, -0.1) is 0 Å². The number of benzene rings is 1.